The Morgan fingerprint density at radius 3 is 2.72 bits per heavy atom. The maximum Gasteiger partial charge on any atom is 0.318 e. The highest BCUT2D eigenvalue weighted by molar-refractivity contribution is 5.74. The topological polar surface area (TPSA) is 63.1 Å². The lowest BCUT2D eigenvalue weighted by Gasteiger charge is -2.24. The van der Waals surface area contributed by atoms with Crippen LogP contribution in [0.1, 0.15) is 42.3 Å². The first-order chi connectivity index (χ1) is 12.2. The first kappa shape index (κ1) is 16.1. The third kappa shape index (κ3) is 3.25. The van der Waals surface area contributed by atoms with E-state index < -0.39 is 0 Å². The molecular formula is C19H25N5O. The van der Waals surface area contributed by atoms with Crippen LogP contribution in [0.15, 0.2) is 30.6 Å². The summed E-state index contributed by atoms with van der Waals surface area (Å²) in [5.74, 6) is 1.52. The molecule has 0 spiro atoms. The molecule has 1 aliphatic heterocycles. The average molecular weight is 339 g/mol. The Morgan fingerprint density at radius 2 is 2.04 bits per heavy atom. The Hall–Kier alpha value is -2.37. The fourth-order valence-electron chi connectivity index (χ4n) is 4.21. The van der Waals surface area contributed by atoms with E-state index >= 15 is 0 Å². The fraction of sp³-hybridized carbons (Fsp3) is 0.526. The number of nitrogens with one attached hydrogen (secondary N) is 1. The number of aromatic nitrogens is 3. The lowest BCUT2D eigenvalue weighted by atomic mass is 10.0. The molecule has 1 unspecified atom stereocenters. The summed E-state index contributed by atoms with van der Waals surface area (Å²) in [5, 5.41) is 11.3. The standard InChI is InChI=1S/C19H25N5O/c1-23-13-21-22-18(23)17-7-4-10-24(17)19(25)20-9-8-14-11-15-5-2-3-6-16(15)12-14/h2-3,5-6,13-14,17H,4,7-12H2,1H3,(H,20,25). The van der Waals surface area contributed by atoms with Gasteiger partial charge in [0.2, 0.25) is 0 Å². The minimum absolute atomic E-state index is 0.0287. The van der Waals surface area contributed by atoms with Gasteiger partial charge in [0, 0.05) is 20.1 Å². The van der Waals surface area contributed by atoms with Crippen LogP contribution in [0, 0.1) is 5.92 Å². The Bertz CT molecular complexity index is 731. The number of carbonyl (C=O) groups is 1. The van der Waals surface area contributed by atoms with Crippen molar-refractivity contribution in [1.82, 2.24) is 25.0 Å². The van der Waals surface area contributed by atoms with E-state index in [-0.39, 0.29) is 12.1 Å². The number of hydrogen-bond acceptors (Lipinski definition) is 3. The molecule has 1 fully saturated rings. The zero-order chi connectivity index (χ0) is 17.2. The van der Waals surface area contributed by atoms with E-state index in [0.717, 1.165) is 51.0 Å². The Balaban J connectivity index is 1.29. The van der Waals surface area contributed by atoms with Crippen molar-refractivity contribution in [1.29, 1.82) is 0 Å². The van der Waals surface area contributed by atoms with Gasteiger partial charge >= 0.3 is 6.03 Å². The quantitative estimate of drug-likeness (QED) is 0.931. The highest BCUT2D eigenvalue weighted by Crippen LogP contribution is 2.31. The van der Waals surface area contributed by atoms with E-state index in [1.807, 2.05) is 16.5 Å². The minimum atomic E-state index is 0.0287. The number of aryl methyl sites for hydroxylation is 1. The molecule has 2 aliphatic rings. The van der Waals surface area contributed by atoms with Crippen molar-refractivity contribution < 1.29 is 4.79 Å². The number of urea groups is 1. The van der Waals surface area contributed by atoms with Gasteiger partial charge in [-0.25, -0.2) is 4.79 Å². The molecule has 0 radical (unpaired) electrons. The van der Waals surface area contributed by atoms with Crippen molar-refractivity contribution in [3.8, 4) is 0 Å². The third-order valence-corrected chi connectivity index (χ3v) is 5.52. The summed E-state index contributed by atoms with van der Waals surface area (Å²) in [6.07, 6.45) is 6.97. The molecule has 6 heteroatoms. The number of carbonyl (C=O) groups excluding carboxylic acids is 1. The molecule has 1 N–H and O–H groups in total. The predicted octanol–water partition coefficient (Wildman–Crippen LogP) is 2.47. The summed E-state index contributed by atoms with van der Waals surface area (Å²) in [6, 6.07) is 8.75. The van der Waals surface area contributed by atoms with Crippen LogP contribution in [0.25, 0.3) is 0 Å². The molecule has 1 saturated heterocycles. The number of likely N-dealkylation sites (tertiary alicyclic amines) is 1. The van der Waals surface area contributed by atoms with E-state index in [0.29, 0.717) is 5.92 Å². The van der Waals surface area contributed by atoms with Crippen molar-refractivity contribution in [3.63, 3.8) is 0 Å². The van der Waals surface area contributed by atoms with E-state index in [1.54, 1.807) is 6.33 Å². The summed E-state index contributed by atoms with van der Waals surface area (Å²) in [7, 11) is 1.93. The van der Waals surface area contributed by atoms with E-state index in [2.05, 4.69) is 39.8 Å². The molecule has 2 aromatic rings. The second-order valence-electron chi connectivity index (χ2n) is 7.22. The zero-order valence-corrected chi connectivity index (χ0v) is 14.7. The van der Waals surface area contributed by atoms with Gasteiger partial charge in [0.05, 0.1) is 6.04 Å². The minimum Gasteiger partial charge on any atom is -0.338 e. The predicted molar refractivity (Wildman–Crippen MR) is 95.0 cm³/mol. The molecule has 1 aromatic carbocycles. The second kappa shape index (κ2) is 6.86. The molecule has 25 heavy (non-hydrogen) atoms. The molecule has 1 aliphatic carbocycles. The van der Waals surface area contributed by atoms with Crippen molar-refractivity contribution >= 4 is 6.03 Å². The molecule has 2 amide bonds. The maximum atomic E-state index is 12.6. The van der Waals surface area contributed by atoms with Crippen LogP contribution in [0.2, 0.25) is 0 Å². The summed E-state index contributed by atoms with van der Waals surface area (Å²) < 4.78 is 1.91. The van der Waals surface area contributed by atoms with Gasteiger partial charge < -0.3 is 14.8 Å². The van der Waals surface area contributed by atoms with Crippen molar-refractivity contribution in [2.75, 3.05) is 13.1 Å². The van der Waals surface area contributed by atoms with Gasteiger partial charge in [-0.2, -0.15) is 0 Å². The molecule has 0 saturated carbocycles. The van der Waals surface area contributed by atoms with Crippen LogP contribution in [0.4, 0.5) is 4.79 Å². The summed E-state index contributed by atoms with van der Waals surface area (Å²) in [6.45, 7) is 1.53. The van der Waals surface area contributed by atoms with Crippen molar-refractivity contribution in [2.45, 2.75) is 38.1 Å². The molecule has 0 bridgehead atoms. The molecule has 4 rings (SSSR count). The van der Waals surface area contributed by atoms with Gasteiger partial charge in [0.15, 0.2) is 5.82 Å². The molecule has 6 nitrogen and oxygen atoms in total. The van der Waals surface area contributed by atoms with E-state index in [9.17, 15) is 4.79 Å². The van der Waals surface area contributed by atoms with Crippen LogP contribution in [-0.4, -0.2) is 38.8 Å². The van der Waals surface area contributed by atoms with Crippen molar-refractivity contribution in [2.24, 2.45) is 13.0 Å². The summed E-state index contributed by atoms with van der Waals surface area (Å²) in [5.41, 5.74) is 2.95. The lowest BCUT2D eigenvalue weighted by Crippen LogP contribution is -2.40. The second-order valence-corrected chi connectivity index (χ2v) is 7.22. The number of amides is 2. The monoisotopic (exact) mass is 339 g/mol. The SMILES string of the molecule is Cn1cnnc1C1CCCN1C(=O)NCCC1Cc2ccccc2C1. The Kier molecular flexibility index (Phi) is 4.42. The molecule has 1 atom stereocenters. The van der Waals surface area contributed by atoms with Gasteiger partial charge in [-0.1, -0.05) is 24.3 Å². The number of hydrogen-bond donors (Lipinski definition) is 1. The Labute approximate surface area is 148 Å². The van der Waals surface area contributed by atoms with Gasteiger partial charge in [0.25, 0.3) is 0 Å². The first-order valence-corrected chi connectivity index (χ1v) is 9.17. The van der Waals surface area contributed by atoms with Crippen LogP contribution >= 0.6 is 0 Å². The molecule has 1 aromatic heterocycles. The Morgan fingerprint density at radius 1 is 1.28 bits per heavy atom. The third-order valence-electron chi connectivity index (χ3n) is 5.52. The maximum absolute atomic E-state index is 12.6. The van der Waals surface area contributed by atoms with Gasteiger partial charge in [-0.15, -0.1) is 10.2 Å². The van der Waals surface area contributed by atoms with E-state index in [1.165, 1.54) is 11.1 Å². The lowest BCUT2D eigenvalue weighted by molar-refractivity contribution is 0.189. The summed E-state index contributed by atoms with van der Waals surface area (Å²) >= 11 is 0. The van der Waals surface area contributed by atoms with Crippen LogP contribution in [0.5, 0.6) is 0 Å². The fourth-order valence-corrected chi connectivity index (χ4v) is 4.21. The van der Waals surface area contributed by atoms with Crippen LogP contribution in [-0.2, 0) is 19.9 Å². The van der Waals surface area contributed by atoms with Crippen molar-refractivity contribution in [3.05, 3.63) is 47.5 Å². The molecule has 2 heterocycles. The number of nitrogens with zero attached hydrogens (tertiary/aromatic N) is 4. The number of fused-ring (bicyclic) bond motifs is 1. The first-order valence-electron chi connectivity index (χ1n) is 9.17. The van der Waals surface area contributed by atoms with Crippen LogP contribution in [0.3, 0.4) is 0 Å². The normalized spacial score (nSPS) is 20.0. The van der Waals surface area contributed by atoms with Gasteiger partial charge in [-0.05, 0) is 49.1 Å². The van der Waals surface area contributed by atoms with Crippen LogP contribution < -0.4 is 5.32 Å². The largest absolute Gasteiger partial charge is 0.338 e. The molecule has 132 valence electrons. The highest BCUT2D eigenvalue weighted by atomic mass is 16.2. The average Bonchev–Trinajstić information content (AvgIpc) is 3.32. The smallest absolute Gasteiger partial charge is 0.318 e. The molecular weight excluding hydrogens is 314 g/mol. The summed E-state index contributed by atoms with van der Waals surface area (Å²) in [4.78, 5) is 14.5. The highest BCUT2D eigenvalue weighted by Gasteiger charge is 2.32. The number of rotatable bonds is 4. The van der Waals surface area contributed by atoms with Gasteiger partial charge in [0.1, 0.15) is 6.33 Å². The van der Waals surface area contributed by atoms with E-state index in [4.69, 9.17) is 0 Å². The van der Waals surface area contributed by atoms with Gasteiger partial charge in [-0.3, -0.25) is 0 Å². The zero-order valence-electron chi connectivity index (χ0n) is 14.7. The number of benzene rings is 1.